The number of benzene rings is 1. The Bertz CT molecular complexity index is 539. The Hall–Kier alpha value is -0.590. The highest BCUT2D eigenvalue weighted by molar-refractivity contribution is 9.10. The molecule has 1 aromatic rings. The minimum absolute atomic E-state index is 0.0543. The van der Waals surface area contributed by atoms with E-state index in [0.29, 0.717) is 17.7 Å². The van der Waals surface area contributed by atoms with Gasteiger partial charge >= 0.3 is 0 Å². The molecule has 0 saturated carbocycles. The van der Waals surface area contributed by atoms with Gasteiger partial charge < -0.3 is 9.84 Å². The van der Waals surface area contributed by atoms with Crippen molar-refractivity contribution in [3.8, 4) is 5.75 Å². The van der Waals surface area contributed by atoms with E-state index >= 15 is 0 Å². The van der Waals surface area contributed by atoms with Gasteiger partial charge in [-0.3, -0.25) is 0 Å². The van der Waals surface area contributed by atoms with E-state index in [2.05, 4.69) is 15.9 Å². The minimum Gasteiger partial charge on any atom is -0.489 e. The van der Waals surface area contributed by atoms with E-state index in [9.17, 15) is 13.5 Å². The van der Waals surface area contributed by atoms with Crippen molar-refractivity contribution >= 4 is 25.8 Å². The topological polar surface area (TPSA) is 63.6 Å². The summed E-state index contributed by atoms with van der Waals surface area (Å²) in [5, 5.41) is 9.66. The fourth-order valence-corrected chi connectivity index (χ4v) is 3.92. The van der Waals surface area contributed by atoms with Crippen LogP contribution in [0.25, 0.3) is 0 Å². The molecule has 6 heteroatoms. The summed E-state index contributed by atoms with van der Waals surface area (Å²) in [6.45, 7) is 1.65. The molecule has 1 aliphatic rings. The maximum atomic E-state index is 11.4. The van der Waals surface area contributed by atoms with Crippen LogP contribution in [-0.4, -0.2) is 31.1 Å². The van der Waals surface area contributed by atoms with Crippen LogP contribution in [0.15, 0.2) is 22.7 Å². The largest absolute Gasteiger partial charge is 0.489 e. The zero-order valence-corrected chi connectivity index (χ0v) is 12.4. The monoisotopic (exact) mass is 334 g/mol. The molecule has 0 spiro atoms. The van der Waals surface area contributed by atoms with Crippen molar-refractivity contribution in [3.05, 3.63) is 28.2 Å². The van der Waals surface area contributed by atoms with Gasteiger partial charge in [-0.15, -0.1) is 0 Å². The number of hydrogen-bond donors (Lipinski definition) is 1. The first-order valence-corrected chi connectivity index (χ1v) is 8.33. The smallest absolute Gasteiger partial charge is 0.154 e. The molecule has 1 saturated heterocycles. The predicted molar refractivity (Wildman–Crippen MR) is 72.5 cm³/mol. The summed E-state index contributed by atoms with van der Waals surface area (Å²) in [6.07, 6.45) is -0.457. The van der Waals surface area contributed by atoms with Crippen LogP contribution < -0.4 is 4.74 Å². The second-order valence-electron chi connectivity index (χ2n) is 4.50. The summed E-state index contributed by atoms with van der Waals surface area (Å²) >= 11 is 3.34. The third kappa shape index (κ3) is 3.24. The molecule has 1 N–H and O–H groups in total. The summed E-state index contributed by atoms with van der Waals surface area (Å²) in [7, 11) is -2.96. The Morgan fingerprint density at radius 3 is 2.78 bits per heavy atom. The van der Waals surface area contributed by atoms with Gasteiger partial charge in [0, 0.05) is 10.0 Å². The van der Waals surface area contributed by atoms with E-state index in [-0.39, 0.29) is 17.6 Å². The number of sulfone groups is 1. The number of aliphatic hydroxyl groups excluding tert-OH is 1. The molecule has 1 unspecified atom stereocenters. The van der Waals surface area contributed by atoms with E-state index in [1.54, 1.807) is 19.1 Å². The summed E-state index contributed by atoms with van der Waals surface area (Å²) in [5.74, 6) is 0.774. The third-order valence-corrected chi connectivity index (χ3v) is 5.14. The second kappa shape index (κ2) is 5.19. The number of halogens is 1. The Labute approximate surface area is 115 Å². The normalized spacial score (nSPS) is 23.8. The van der Waals surface area contributed by atoms with Crippen LogP contribution in [-0.2, 0) is 9.84 Å². The van der Waals surface area contributed by atoms with Crippen LogP contribution in [0.1, 0.15) is 25.0 Å². The van der Waals surface area contributed by atoms with E-state index < -0.39 is 15.9 Å². The van der Waals surface area contributed by atoms with Gasteiger partial charge in [0.05, 0.1) is 17.6 Å². The van der Waals surface area contributed by atoms with Gasteiger partial charge in [0.25, 0.3) is 0 Å². The molecule has 1 aliphatic heterocycles. The van der Waals surface area contributed by atoms with Gasteiger partial charge in [-0.25, -0.2) is 8.42 Å². The van der Waals surface area contributed by atoms with Gasteiger partial charge in [-0.05, 0) is 25.5 Å². The zero-order chi connectivity index (χ0) is 13.3. The second-order valence-corrected chi connectivity index (χ2v) is 7.65. The lowest BCUT2D eigenvalue weighted by Gasteiger charge is -2.17. The van der Waals surface area contributed by atoms with Crippen LogP contribution in [0.3, 0.4) is 0 Å². The van der Waals surface area contributed by atoms with Crippen molar-refractivity contribution in [2.24, 2.45) is 0 Å². The average Bonchev–Trinajstić information content (AvgIpc) is 2.57. The average molecular weight is 335 g/mol. The van der Waals surface area contributed by atoms with Crippen molar-refractivity contribution < 1.29 is 18.3 Å². The molecule has 0 aliphatic carbocycles. The Morgan fingerprint density at radius 1 is 1.50 bits per heavy atom. The number of ether oxygens (including phenoxy) is 1. The highest BCUT2D eigenvalue weighted by atomic mass is 79.9. The molecule has 1 heterocycles. The summed E-state index contributed by atoms with van der Waals surface area (Å²) < 4.78 is 29.3. The van der Waals surface area contributed by atoms with Gasteiger partial charge in [0.1, 0.15) is 11.9 Å². The first-order valence-electron chi connectivity index (χ1n) is 5.72. The molecule has 1 fully saturated rings. The van der Waals surface area contributed by atoms with Crippen LogP contribution in [0.5, 0.6) is 5.75 Å². The van der Waals surface area contributed by atoms with Crippen molar-refractivity contribution in [1.82, 2.24) is 0 Å². The molecule has 2 rings (SSSR count). The van der Waals surface area contributed by atoms with Gasteiger partial charge in [0.15, 0.2) is 9.84 Å². The molecular weight excluding hydrogens is 320 g/mol. The zero-order valence-electron chi connectivity index (χ0n) is 9.97. The molecule has 2 atom stereocenters. The fourth-order valence-electron chi connectivity index (χ4n) is 1.99. The lowest BCUT2D eigenvalue weighted by Crippen LogP contribution is -2.18. The first kappa shape index (κ1) is 13.8. The lowest BCUT2D eigenvalue weighted by atomic mass is 10.1. The summed E-state index contributed by atoms with van der Waals surface area (Å²) in [5.41, 5.74) is 0.669. The van der Waals surface area contributed by atoms with E-state index in [1.807, 2.05) is 6.07 Å². The maximum absolute atomic E-state index is 11.4. The van der Waals surface area contributed by atoms with E-state index in [0.717, 1.165) is 4.47 Å². The highest BCUT2D eigenvalue weighted by Crippen LogP contribution is 2.31. The van der Waals surface area contributed by atoms with Crippen LogP contribution in [0.2, 0.25) is 0 Å². The van der Waals surface area contributed by atoms with Crippen molar-refractivity contribution in [1.29, 1.82) is 0 Å². The number of hydrogen-bond acceptors (Lipinski definition) is 4. The molecule has 0 aromatic heterocycles. The van der Waals surface area contributed by atoms with E-state index in [4.69, 9.17) is 4.74 Å². The first-order chi connectivity index (χ1) is 8.37. The molecule has 0 bridgehead atoms. The molecule has 4 nitrogen and oxygen atoms in total. The third-order valence-electron chi connectivity index (χ3n) is 2.91. The molecule has 1 aromatic carbocycles. The quantitative estimate of drug-likeness (QED) is 0.919. The SMILES string of the molecule is C[C@H](O)c1ccc(Br)cc1OC1CCS(=O)(=O)C1. The van der Waals surface area contributed by atoms with Crippen LogP contribution in [0, 0.1) is 0 Å². The standard InChI is InChI=1S/C12H15BrO4S/c1-8(14)11-3-2-9(13)6-12(11)17-10-4-5-18(15,16)7-10/h2-3,6,8,10,14H,4-5,7H2,1H3/t8-,10?/m0/s1. The molecular formula is C12H15BrO4S. The Balaban J connectivity index is 2.21. The number of rotatable bonds is 3. The fraction of sp³-hybridized carbons (Fsp3) is 0.500. The lowest BCUT2D eigenvalue weighted by molar-refractivity contribution is 0.180. The van der Waals surface area contributed by atoms with Gasteiger partial charge in [-0.2, -0.15) is 0 Å². The van der Waals surface area contributed by atoms with Gasteiger partial charge in [0.2, 0.25) is 0 Å². The molecule has 18 heavy (non-hydrogen) atoms. The van der Waals surface area contributed by atoms with Crippen LogP contribution in [0.4, 0.5) is 0 Å². The molecule has 100 valence electrons. The van der Waals surface area contributed by atoms with Crippen LogP contribution >= 0.6 is 15.9 Å². The minimum atomic E-state index is -2.96. The Morgan fingerprint density at radius 2 is 2.22 bits per heavy atom. The summed E-state index contributed by atoms with van der Waals surface area (Å²) in [4.78, 5) is 0. The van der Waals surface area contributed by atoms with Gasteiger partial charge in [-0.1, -0.05) is 22.0 Å². The van der Waals surface area contributed by atoms with E-state index in [1.165, 1.54) is 0 Å². The Kier molecular flexibility index (Phi) is 3.99. The summed E-state index contributed by atoms with van der Waals surface area (Å²) in [6, 6.07) is 5.35. The number of aliphatic hydroxyl groups is 1. The predicted octanol–water partition coefficient (Wildman–Crippen LogP) is 2.07. The van der Waals surface area contributed by atoms with Crippen molar-refractivity contribution in [2.75, 3.05) is 11.5 Å². The molecule has 0 amide bonds. The highest BCUT2D eigenvalue weighted by Gasteiger charge is 2.30. The van der Waals surface area contributed by atoms with Crippen molar-refractivity contribution in [2.45, 2.75) is 25.6 Å². The molecule has 0 radical (unpaired) electrons. The van der Waals surface area contributed by atoms with Crippen molar-refractivity contribution in [3.63, 3.8) is 0 Å². The maximum Gasteiger partial charge on any atom is 0.154 e.